The van der Waals surface area contributed by atoms with Crippen LogP contribution in [0.4, 0.5) is 0 Å². The van der Waals surface area contributed by atoms with E-state index in [2.05, 4.69) is 15.9 Å². The van der Waals surface area contributed by atoms with E-state index in [0.29, 0.717) is 17.2 Å². The molecule has 2 atom stereocenters. The highest BCUT2D eigenvalue weighted by Crippen LogP contribution is 2.43. The summed E-state index contributed by atoms with van der Waals surface area (Å²) in [4.78, 5) is 1.11. The van der Waals surface area contributed by atoms with Crippen molar-refractivity contribution in [2.75, 3.05) is 0 Å². The molecule has 0 saturated heterocycles. The van der Waals surface area contributed by atoms with Gasteiger partial charge in [0.25, 0.3) is 0 Å². The Morgan fingerprint density at radius 2 is 2.17 bits per heavy atom. The van der Waals surface area contributed by atoms with Crippen LogP contribution in [0.5, 0.6) is 5.75 Å². The predicted molar refractivity (Wildman–Crippen MR) is 76.4 cm³/mol. The summed E-state index contributed by atoms with van der Waals surface area (Å²) in [5.74, 6) is 0.715. The van der Waals surface area contributed by atoms with Crippen LogP contribution in [-0.4, -0.2) is 5.11 Å². The molecule has 0 amide bonds. The average Bonchev–Trinajstić information content (AvgIpc) is 2.77. The molecule has 1 aliphatic heterocycles. The third-order valence-corrected chi connectivity index (χ3v) is 4.90. The smallest absolute Gasteiger partial charge is 0.136 e. The van der Waals surface area contributed by atoms with Gasteiger partial charge in [0.15, 0.2) is 0 Å². The fraction of sp³-hybridized carbons (Fsp3) is 0.231. The van der Waals surface area contributed by atoms with E-state index < -0.39 is 6.10 Å². The van der Waals surface area contributed by atoms with Gasteiger partial charge in [-0.05, 0) is 46.3 Å². The number of fused-ring (bicyclic) bond motifs is 1. The van der Waals surface area contributed by atoms with E-state index in [4.69, 9.17) is 16.3 Å². The number of ether oxygens (including phenoxy) is 1. The van der Waals surface area contributed by atoms with Gasteiger partial charge < -0.3 is 9.84 Å². The molecule has 1 aromatic carbocycles. The van der Waals surface area contributed by atoms with Gasteiger partial charge >= 0.3 is 0 Å². The van der Waals surface area contributed by atoms with Crippen LogP contribution >= 0.6 is 38.9 Å². The minimum Gasteiger partial charge on any atom is -0.484 e. The zero-order chi connectivity index (χ0) is 12.7. The predicted octanol–water partition coefficient (Wildman–Crippen LogP) is 4.72. The summed E-state index contributed by atoms with van der Waals surface area (Å²) in [5.41, 5.74) is 0.773. The number of rotatable bonds is 1. The number of thiophene rings is 1. The third kappa shape index (κ3) is 2.30. The van der Waals surface area contributed by atoms with Crippen LogP contribution in [0.15, 0.2) is 34.1 Å². The summed E-state index contributed by atoms with van der Waals surface area (Å²) in [6, 6.07) is 9.37. The van der Waals surface area contributed by atoms with Crippen molar-refractivity contribution in [3.8, 4) is 5.75 Å². The molecule has 1 aromatic heterocycles. The molecule has 2 aromatic rings. The van der Waals surface area contributed by atoms with Gasteiger partial charge in [-0.2, -0.15) is 0 Å². The van der Waals surface area contributed by atoms with E-state index >= 15 is 0 Å². The Balaban J connectivity index is 1.94. The largest absolute Gasteiger partial charge is 0.484 e. The minimum atomic E-state index is -0.529. The Morgan fingerprint density at radius 1 is 1.33 bits per heavy atom. The molecule has 2 unspecified atom stereocenters. The second kappa shape index (κ2) is 4.85. The second-order valence-corrected chi connectivity index (χ2v) is 7.11. The Kier molecular flexibility index (Phi) is 3.36. The van der Waals surface area contributed by atoms with Crippen LogP contribution in [0.3, 0.4) is 0 Å². The van der Waals surface area contributed by atoms with Gasteiger partial charge in [0.1, 0.15) is 11.9 Å². The molecule has 3 rings (SSSR count). The van der Waals surface area contributed by atoms with Gasteiger partial charge in [0.05, 0.1) is 9.89 Å². The van der Waals surface area contributed by atoms with Crippen LogP contribution in [0, 0.1) is 0 Å². The summed E-state index contributed by atoms with van der Waals surface area (Å²) < 4.78 is 6.99. The lowest BCUT2D eigenvalue weighted by Gasteiger charge is -2.29. The highest BCUT2D eigenvalue weighted by molar-refractivity contribution is 9.11. The van der Waals surface area contributed by atoms with Gasteiger partial charge in [-0.1, -0.05) is 11.6 Å². The third-order valence-electron chi connectivity index (χ3n) is 2.95. The van der Waals surface area contributed by atoms with Crippen molar-refractivity contribution < 1.29 is 9.84 Å². The topological polar surface area (TPSA) is 29.5 Å². The van der Waals surface area contributed by atoms with Crippen LogP contribution < -0.4 is 4.74 Å². The number of benzene rings is 1. The van der Waals surface area contributed by atoms with Gasteiger partial charge in [-0.15, -0.1) is 11.3 Å². The molecular weight excluding hydrogens is 336 g/mol. The van der Waals surface area contributed by atoms with Crippen LogP contribution in [-0.2, 0) is 0 Å². The molecule has 1 aliphatic rings. The number of hydrogen-bond donors (Lipinski definition) is 1. The molecule has 0 bridgehead atoms. The lowest BCUT2D eigenvalue weighted by atomic mass is 9.98. The van der Waals surface area contributed by atoms with Crippen molar-refractivity contribution in [3.05, 3.63) is 49.6 Å². The van der Waals surface area contributed by atoms with Crippen molar-refractivity contribution in [1.82, 2.24) is 0 Å². The zero-order valence-electron chi connectivity index (χ0n) is 9.27. The maximum atomic E-state index is 10.2. The quantitative estimate of drug-likeness (QED) is 0.810. The van der Waals surface area contributed by atoms with E-state index in [1.54, 1.807) is 23.5 Å². The van der Waals surface area contributed by atoms with Crippen molar-refractivity contribution >= 4 is 38.9 Å². The van der Waals surface area contributed by atoms with Gasteiger partial charge in [0.2, 0.25) is 0 Å². The normalized spacial score (nSPS) is 22.4. The van der Waals surface area contributed by atoms with E-state index in [9.17, 15) is 5.11 Å². The van der Waals surface area contributed by atoms with E-state index in [0.717, 1.165) is 14.2 Å². The molecule has 0 radical (unpaired) electrons. The standard InChI is InChI=1S/C13H10BrClO2S/c14-13-4-3-12(18-13)11-6-9(16)8-5-7(15)1-2-10(8)17-11/h1-5,9,11,16H,6H2. The Labute approximate surface area is 122 Å². The summed E-state index contributed by atoms with van der Waals surface area (Å²) in [6.45, 7) is 0. The van der Waals surface area contributed by atoms with E-state index in [-0.39, 0.29) is 6.10 Å². The first kappa shape index (κ1) is 12.5. The molecule has 5 heteroatoms. The van der Waals surface area contributed by atoms with Crippen LogP contribution in [0.2, 0.25) is 5.02 Å². The van der Waals surface area contributed by atoms with Gasteiger partial charge in [-0.3, -0.25) is 0 Å². The second-order valence-electron chi connectivity index (χ2n) is 4.18. The Bertz CT molecular complexity index is 584. The SMILES string of the molecule is OC1CC(c2ccc(Br)s2)Oc2ccc(Cl)cc21. The first-order chi connectivity index (χ1) is 8.63. The van der Waals surface area contributed by atoms with Crippen molar-refractivity contribution in [1.29, 1.82) is 0 Å². The Morgan fingerprint density at radius 3 is 2.89 bits per heavy atom. The summed E-state index contributed by atoms with van der Waals surface area (Å²) in [6.07, 6.45) is -0.0661. The Hall–Kier alpha value is -0.550. The highest BCUT2D eigenvalue weighted by Gasteiger charge is 2.29. The fourth-order valence-electron chi connectivity index (χ4n) is 2.09. The van der Waals surface area contributed by atoms with Gasteiger partial charge in [0, 0.05) is 21.9 Å². The maximum absolute atomic E-state index is 10.2. The zero-order valence-corrected chi connectivity index (χ0v) is 12.4. The maximum Gasteiger partial charge on any atom is 0.136 e. The molecule has 1 N–H and O–H groups in total. The highest BCUT2D eigenvalue weighted by atomic mass is 79.9. The molecular formula is C13H10BrClO2S. The van der Waals surface area contributed by atoms with E-state index in [1.807, 2.05) is 18.2 Å². The summed E-state index contributed by atoms with van der Waals surface area (Å²) in [7, 11) is 0. The number of aliphatic hydroxyl groups is 1. The molecule has 0 fully saturated rings. The first-order valence-electron chi connectivity index (χ1n) is 5.53. The van der Waals surface area contributed by atoms with Gasteiger partial charge in [-0.25, -0.2) is 0 Å². The molecule has 2 heterocycles. The molecule has 0 spiro atoms. The number of hydrogen-bond acceptors (Lipinski definition) is 3. The monoisotopic (exact) mass is 344 g/mol. The first-order valence-corrected chi connectivity index (χ1v) is 7.51. The summed E-state index contributed by atoms with van der Waals surface area (Å²) in [5, 5.41) is 10.8. The molecule has 18 heavy (non-hydrogen) atoms. The van der Waals surface area contributed by atoms with E-state index in [1.165, 1.54) is 0 Å². The molecule has 0 saturated carbocycles. The molecule has 2 nitrogen and oxygen atoms in total. The lowest BCUT2D eigenvalue weighted by molar-refractivity contribution is 0.0674. The number of aliphatic hydroxyl groups excluding tert-OH is 1. The van der Waals surface area contributed by atoms with Crippen LogP contribution in [0.25, 0.3) is 0 Å². The lowest BCUT2D eigenvalue weighted by Crippen LogP contribution is -2.18. The number of halogens is 2. The van der Waals surface area contributed by atoms with Crippen LogP contribution in [0.1, 0.15) is 29.1 Å². The molecule has 94 valence electrons. The van der Waals surface area contributed by atoms with Crippen molar-refractivity contribution in [3.63, 3.8) is 0 Å². The molecule has 0 aliphatic carbocycles. The average molecular weight is 346 g/mol. The van der Waals surface area contributed by atoms with Crippen molar-refractivity contribution in [2.45, 2.75) is 18.6 Å². The van der Waals surface area contributed by atoms with Crippen molar-refractivity contribution in [2.24, 2.45) is 0 Å². The minimum absolute atomic E-state index is 0.0926. The fourth-order valence-corrected chi connectivity index (χ4v) is 3.74. The summed E-state index contributed by atoms with van der Waals surface area (Å²) >= 11 is 11.0.